The molecule has 0 bridgehead atoms. The minimum atomic E-state index is -0.443. The molecule has 158 valence electrons. The number of amides is 2. The molecule has 0 aliphatic heterocycles. The molecule has 0 aromatic carbocycles. The topological polar surface area (TPSA) is 79.5 Å². The summed E-state index contributed by atoms with van der Waals surface area (Å²) < 4.78 is 4.91. The van der Waals surface area contributed by atoms with Gasteiger partial charge >= 0.3 is 12.0 Å². The number of esters is 1. The highest BCUT2D eigenvalue weighted by Gasteiger charge is 2.33. The Labute approximate surface area is 165 Å². The molecule has 0 aromatic heterocycles. The highest BCUT2D eigenvalue weighted by molar-refractivity contribution is 5.86. The van der Waals surface area contributed by atoms with Crippen LogP contribution in [0.15, 0.2) is 12.2 Å². The van der Waals surface area contributed by atoms with E-state index in [1.54, 1.807) is 6.92 Å². The van der Waals surface area contributed by atoms with Crippen molar-refractivity contribution in [1.29, 1.82) is 0 Å². The molecule has 2 atom stereocenters. The molecule has 0 aromatic rings. The van der Waals surface area contributed by atoms with Crippen molar-refractivity contribution in [2.45, 2.75) is 61.3 Å². The molecule has 3 N–H and O–H groups in total. The molecule has 0 fully saturated rings. The van der Waals surface area contributed by atoms with Gasteiger partial charge in [-0.25, -0.2) is 9.59 Å². The zero-order valence-electron chi connectivity index (χ0n) is 18.5. The summed E-state index contributed by atoms with van der Waals surface area (Å²) in [5.41, 5.74) is 0.856. The number of ether oxygens (including phenoxy) is 1. The molecular weight excluding hydrogens is 342 g/mol. The van der Waals surface area contributed by atoms with Crippen molar-refractivity contribution in [1.82, 2.24) is 16.0 Å². The van der Waals surface area contributed by atoms with Gasteiger partial charge in [0.1, 0.15) is 6.61 Å². The predicted molar refractivity (Wildman–Crippen MR) is 112 cm³/mol. The van der Waals surface area contributed by atoms with Crippen LogP contribution in [0.1, 0.15) is 61.3 Å². The Morgan fingerprint density at radius 1 is 1.07 bits per heavy atom. The van der Waals surface area contributed by atoms with E-state index in [1.807, 2.05) is 0 Å². The van der Waals surface area contributed by atoms with Gasteiger partial charge in [-0.05, 0) is 30.1 Å². The third kappa shape index (κ3) is 11.7. The fourth-order valence-corrected chi connectivity index (χ4v) is 3.25. The second kappa shape index (κ2) is 12.0. The lowest BCUT2D eigenvalue weighted by Gasteiger charge is -2.40. The van der Waals surface area contributed by atoms with Crippen molar-refractivity contribution in [2.75, 3.05) is 32.8 Å². The Kier molecular flexibility index (Phi) is 11.3. The summed E-state index contributed by atoms with van der Waals surface area (Å²) in [5.74, 6) is 0.184. The summed E-state index contributed by atoms with van der Waals surface area (Å²) in [7, 11) is 0. The van der Waals surface area contributed by atoms with Gasteiger partial charge in [-0.3, -0.25) is 0 Å². The van der Waals surface area contributed by atoms with Gasteiger partial charge in [-0.15, -0.1) is 0 Å². The van der Waals surface area contributed by atoms with Gasteiger partial charge in [0, 0.05) is 25.2 Å². The van der Waals surface area contributed by atoms with E-state index in [9.17, 15) is 9.59 Å². The predicted octanol–water partition coefficient (Wildman–Crippen LogP) is 3.48. The van der Waals surface area contributed by atoms with Crippen molar-refractivity contribution in [3.05, 3.63) is 12.2 Å². The molecule has 0 aliphatic carbocycles. The maximum Gasteiger partial charge on any atom is 0.333 e. The summed E-state index contributed by atoms with van der Waals surface area (Å²) in [4.78, 5) is 22.9. The van der Waals surface area contributed by atoms with Crippen LogP contribution in [0.5, 0.6) is 0 Å². The molecule has 0 rings (SSSR count). The third-order valence-electron chi connectivity index (χ3n) is 4.82. The molecule has 0 aliphatic rings. The van der Waals surface area contributed by atoms with Gasteiger partial charge in [0.25, 0.3) is 0 Å². The Morgan fingerprint density at radius 2 is 1.67 bits per heavy atom. The van der Waals surface area contributed by atoms with Gasteiger partial charge in [0.15, 0.2) is 0 Å². The number of carbonyl (C=O) groups is 2. The molecule has 0 saturated heterocycles. The SMILES string of the molecule is C=C(C)C(=O)OCCNC(=O)NCCNCC(C)(CC(C)(C)C)C(C)CC. The lowest BCUT2D eigenvalue weighted by molar-refractivity contribution is -0.138. The highest BCUT2D eigenvalue weighted by atomic mass is 16.5. The molecule has 0 heterocycles. The second-order valence-corrected chi connectivity index (χ2v) is 8.98. The maximum absolute atomic E-state index is 11.7. The van der Waals surface area contributed by atoms with Gasteiger partial charge in [-0.1, -0.05) is 54.5 Å². The van der Waals surface area contributed by atoms with Crippen LogP contribution in [0.25, 0.3) is 0 Å². The molecule has 0 saturated carbocycles. The monoisotopic (exact) mass is 383 g/mol. The zero-order chi connectivity index (χ0) is 21.1. The summed E-state index contributed by atoms with van der Waals surface area (Å²) in [6.07, 6.45) is 2.31. The van der Waals surface area contributed by atoms with Gasteiger partial charge in [0.2, 0.25) is 0 Å². The summed E-state index contributed by atoms with van der Waals surface area (Å²) in [5, 5.41) is 8.95. The lowest BCUT2D eigenvalue weighted by Crippen LogP contribution is -2.44. The normalized spacial score (nSPS) is 14.8. The molecular formula is C21H41N3O3. The van der Waals surface area contributed by atoms with Crippen molar-refractivity contribution in [2.24, 2.45) is 16.7 Å². The van der Waals surface area contributed by atoms with Crippen LogP contribution in [0.3, 0.4) is 0 Å². The number of hydrogen-bond donors (Lipinski definition) is 3. The van der Waals surface area contributed by atoms with Crippen LogP contribution < -0.4 is 16.0 Å². The average Bonchev–Trinajstić information content (AvgIpc) is 2.55. The third-order valence-corrected chi connectivity index (χ3v) is 4.82. The fraction of sp³-hybridized carbons (Fsp3) is 0.810. The maximum atomic E-state index is 11.7. The van der Waals surface area contributed by atoms with Crippen LogP contribution >= 0.6 is 0 Å². The van der Waals surface area contributed by atoms with E-state index in [0.29, 0.717) is 24.6 Å². The first-order chi connectivity index (χ1) is 12.4. The summed E-state index contributed by atoms with van der Waals surface area (Å²) in [6, 6.07) is -0.262. The van der Waals surface area contributed by atoms with E-state index in [0.717, 1.165) is 19.4 Å². The van der Waals surface area contributed by atoms with Gasteiger partial charge < -0.3 is 20.7 Å². The van der Waals surface area contributed by atoms with Crippen LogP contribution in [0.4, 0.5) is 4.79 Å². The van der Waals surface area contributed by atoms with Crippen LogP contribution in [-0.4, -0.2) is 44.8 Å². The number of carbonyl (C=O) groups excluding carboxylic acids is 2. The van der Waals surface area contributed by atoms with Crippen molar-refractivity contribution in [3.8, 4) is 0 Å². The summed E-state index contributed by atoms with van der Waals surface area (Å²) >= 11 is 0. The van der Waals surface area contributed by atoms with E-state index in [4.69, 9.17) is 4.74 Å². The molecule has 27 heavy (non-hydrogen) atoms. The van der Waals surface area contributed by atoms with Crippen LogP contribution in [-0.2, 0) is 9.53 Å². The Balaban J connectivity index is 4.05. The lowest BCUT2D eigenvalue weighted by atomic mass is 9.67. The Bertz CT molecular complexity index is 486. The van der Waals surface area contributed by atoms with E-state index in [1.165, 1.54) is 0 Å². The second-order valence-electron chi connectivity index (χ2n) is 8.98. The van der Waals surface area contributed by atoms with E-state index >= 15 is 0 Å². The Hall–Kier alpha value is -1.56. The number of rotatable bonds is 12. The fourth-order valence-electron chi connectivity index (χ4n) is 3.25. The van der Waals surface area contributed by atoms with Crippen LogP contribution in [0, 0.1) is 16.7 Å². The van der Waals surface area contributed by atoms with E-state index in [2.05, 4.69) is 64.1 Å². The minimum absolute atomic E-state index is 0.136. The summed E-state index contributed by atoms with van der Waals surface area (Å²) in [6.45, 7) is 21.5. The van der Waals surface area contributed by atoms with E-state index < -0.39 is 5.97 Å². The molecule has 6 heteroatoms. The quantitative estimate of drug-likeness (QED) is 0.274. The zero-order valence-corrected chi connectivity index (χ0v) is 18.5. The molecule has 2 unspecified atom stereocenters. The van der Waals surface area contributed by atoms with Crippen LogP contribution in [0.2, 0.25) is 0 Å². The van der Waals surface area contributed by atoms with Crippen molar-refractivity contribution >= 4 is 12.0 Å². The number of hydrogen-bond acceptors (Lipinski definition) is 4. The minimum Gasteiger partial charge on any atom is -0.460 e. The molecule has 6 nitrogen and oxygen atoms in total. The smallest absolute Gasteiger partial charge is 0.333 e. The van der Waals surface area contributed by atoms with Gasteiger partial charge in [0.05, 0.1) is 6.54 Å². The van der Waals surface area contributed by atoms with Crippen molar-refractivity contribution in [3.63, 3.8) is 0 Å². The van der Waals surface area contributed by atoms with E-state index in [-0.39, 0.29) is 30.0 Å². The van der Waals surface area contributed by atoms with Crippen molar-refractivity contribution < 1.29 is 14.3 Å². The number of urea groups is 1. The highest BCUT2D eigenvalue weighted by Crippen LogP contribution is 2.40. The largest absolute Gasteiger partial charge is 0.460 e. The Morgan fingerprint density at radius 3 is 2.19 bits per heavy atom. The standard InChI is InChI=1S/C21H41N3O3/c1-9-17(4)21(8,14-20(5,6)7)15-22-10-11-23-19(26)24-12-13-27-18(25)16(2)3/h17,22H,2,9-15H2,1,3-8H3,(H2,23,24,26). The molecule has 0 radical (unpaired) electrons. The average molecular weight is 384 g/mol. The molecule has 0 spiro atoms. The first-order valence-corrected chi connectivity index (χ1v) is 9.96. The first kappa shape index (κ1) is 25.4. The first-order valence-electron chi connectivity index (χ1n) is 9.96. The van der Waals surface area contributed by atoms with Gasteiger partial charge in [-0.2, -0.15) is 0 Å². The molecule has 2 amide bonds. The number of nitrogens with one attached hydrogen (secondary N) is 3.